The van der Waals surface area contributed by atoms with Gasteiger partial charge in [-0.3, -0.25) is 4.79 Å². The van der Waals surface area contributed by atoms with Gasteiger partial charge in [0, 0.05) is 0 Å². The number of carboxylic acid groups (broad SMARTS) is 1. The minimum absolute atomic E-state index is 0.0917. The molecule has 2 atom stereocenters. The monoisotopic (exact) mass is 173 g/mol. The number of hydrogen-bond donors (Lipinski definition) is 2. The van der Waals surface area contributed by atoms with Crippen LogP contribution in [0.2, 0.25) is 0 Å². The first-order valence-electron chi connectivity index (χ1n) is 4.58. The van der Waals surface area contributed by atoms with Gasteiger partial charge in [-0.25, -0.2) is 0 Å². The van der Waals surface area contributed by atoms with Gasteiger partial charge >= 0.3 is 5.97 Å². The van der Waals surface area contributed by atoms with Crippen LogP contribution in [0.5, 0.6) is 0 Å². The molecule has 0 saturated carbocycles. The van der Waals surface area contributed by atoms with Crippen molar-refractivity contribution in [1.82, 2.24) is 0 Å². The average molecular weight is 173 g/mol. The molecule has 0 amide bonds. The highest BCUT2D eigenvalue weighted by Gasteiger charge is 2.18. The van der Waals surface area contributed by atoms with E-state index >= 15 is 0 Å². The van der Waals surface area contributed by atoms with Gasteiger partial charge in [-0.1, -0.05) is 33.1 Å². The number of carbonyl (C=O) groups is 1. The topological polar surface area (TPSA) is 63.3 Å². The summed E-state index contributed by atoms with van der Waals surface area (Å²) in [6, 6.07) is -0.693. The Morgan fingerprint density at radius 2 is 2.08 bits per heavy atom. The minimum atomic E-state index is -0.890. The van der Waals surface area contributed by atoms with Gasteiger partial charge in [0.05, 0.1) is 0 Å². The molecule has 0 aromatic heterocycles. The van der Waals surface area contributed by atoms with Crippen LogP contribution < -0.4 is 5.73 Å². The minimum Gasteiger partial charge on any atom is -0.480 e. The molecule has 0 heterocycles. The van der Waals surface area contributed by atoms with Gasteiger partial charge in [0.15, 0.2) is 0 Å². The Bertz CT molecular complexity index is 136. The lowest BCUT2D eigenvalue weighted by molar-refractivity contribution is -0.139. The van der Waals surface area contributed by atoms with E-state index in [1.807, 2.05) is 6.92 Å². The van der Waals surface area contributed by atoms with Gasteiger partial charge in [-0.2, -0.15) is 0 Å². The maximum atomic E-state index is 10.4. The molecule has 3 heteroatoms. The van der Waals surface area contributed by atoms with Crippen molar-refractivity contribution in [1.29, 1.82) is 0 Å². The Balaban J connectivity index is 3.56. The number of hydrogen-bond acceptors (Lipinski definition) is 2. The normalized spacial score (nSPS) is 15.6. The average Bonchev–Trinajstić information content (AvgIpc) is 2.03. The highest BCUT2D eigenvalue weighted by atomic mass is 16.4. The van der Waals surface area contributed by atoms with Gasteiger partial charge in [0.25, 0.3) is 0 Å². The van der Waals surface area contributed by atoms with Crippen LogP contribution in [0.1, 0.15) is 39.5 Å². The first kappa shape index (κ1) is 11.4. The van der Waals surface area contributed by atoms with Crippen molar-refractivity contribution in [2.24, 2.45) is 11.7 Å². The van der Waals surface area contributed by atoms with Crippen LogP contribution in [-0.2, 0) is 4.79 Å². The van der Waals surface area contributed by atoms with Crippen molar-refractivity contribution in [3.63, 3.8) is 0 Å². The van der Waals surface area contributed by atoms with Crippen molar-refractivity contribution < 1.29 is 9.90 Å². The van der Waals surface area contributed by atoms with Crippen LogP contribution >= 0.6 is 0 Å². The first-order valence-corrected chi connectivity index (χ1v) is 4.58. The molecule has 0 aliphatic rings. The predicted molar refractivity (Wildman–Crippen MR) is 48.9 cm³/mol. The summed E-state index contributed by atoms with van der Waals surface area (Å²) in [4.78, 5) is 10.4. The molecule has 1 unspecified atom stereocenters. The maximum absolute atomic E-state index is 10.4. The second kappa shape index (κ2) is 6.00. The third kappa shape index (κ3) is 4.34. The molecule has 0 aliphatic carbocycles. The SMILES string of the molecule is CCCCCC(C)[C@@H](N)C(=O)O. The quantitative estimate of drug-likeness (QED) is 0.600. The second-order valence-corrected chi connectivity index (χ2v) is 3.34. The van der Waals surface area contributed by atoms with E-state index in [0.29, 0.717) is 0 Å². The lowest BCUT2D eigenvalue weighted by Crippen LogP contribution is -2.36. The summed E-state index contributed by atoms with van der Waals surface area (Å²) < 4.78 is 0. The fraction of sp³-hybridized carbons (Fsp3) is 0.889. The lowest BCUT2D eigenvalue weighted by atomic mass is 9.96. The molecule has 0 aromatic carbocycles. The van der Waals surface area contributed by atoms with Crippen LogP contribution in [-0.4, -0.2) is 17.1 Å². The van der Waals surface area contributed by atoms with Crippen LogP contribution in [0.3, 0.4) is 0 Å². The van der Waals surface area contributed by atoms with Crippen LogP contribution in [0.25, 0.3) is 0 Å². The zero-order valence-electron chi connectivity index (χ0n) is 7.92. The number of carboxylic acids is 1. The van der Waals surface area contributed by atoms with Crippen molar-refractivity contribution >= 4 is 5.97 Å². The number of aliphatic carboxylic acids is 1. The summed E-state index contributed by atoms with van der Waals surface area (Å²) in [5.41, 5.74) is 5.44. The third-order valence-electron chi connectivity index (χ3n) is 2.16. The Morgan fingerprint density at radius 1 is 1.50 bits per heavy atom. The lowest BCUT2D eigenvalue weighted by Gasteiger charge is -2.14. The molecular weight excluding hydrogens is 154 g/mol. The van der Waals surface area contributed by atoms with E-state index in [1.165, 1.54) is 0 Å². The molecule has 3 N–H and O–H groups in total. The van der Waals surface area contributed by atoms with Gasteiger partial charge in [-0.15, -0.1) is 0 Å². The van der Waals surface area contributed by atoms with E-state index in [4.69, 9.17) is 10.8 Å². The van der Waals surface area contributed by atoms with Crippen molar-refractivity contribution in [3.8, 4) is 0 Å². The van der Waals surface area contributed by atoms with Gasteiger partial charge in [0.1, 0.15) is 6.04 Å². The van der Waals surface area contributed by atoms with E-state index in [9.17, 15) is 4.79 Å². The van der Waals surface area contributed by atoms with Crippen LogP contribution in [0.15, 0.2) is 0 Å². The van der Waals surface area contributed by atoms with Gasteiger partial charge < -0.3 is 10.8 Å². The Hall–Kier alpha value is -0.570. The molecule has 0 rings (SSSR count). The Kier molecular flexibility index (Phi) is 5.72. The fourth-order valence-electron chi connectivity index (χ4n) is 1.14. The van der Waals surface area contributed by atoms with Crippen molar-refractivity contribution in [3.05, 3.63) is 0 Å². The molecule has 72 valence electrons. The maximum Gasteiger partial charge on any atom is 0.320 e. The molecule has 0 aromatic rings. The zero-order valence-corrected chi connectivity index (χ0v) is 7.92. The van der Waals surface area contributed by atoms with E-state index in [0.717, 1.165) is 25.7 Å². The molecular formula is C9H19NO2. The summed E-state index contributed by atoms with van der Waals surface area (Å²) in [5, 5.41) is 8.58. The Labute approximate surface area is 74.0 Å². The Morgan fingerprint density at radius 3 is 2.50 bits per heavy atom. The molecule has 0 radical (unpaired) electrons. The van der Waals surface area contributed by atoms with E-state index in [-0.39, 0.29) is 5.92 Å². The van der Waals surface area contributed by atoms with Gasteiger partial charge in [0.2, 0.25) is 0 Å². The largest absolute Gasteiger partial charge is 0.480 e. The third-order valence-corrected chi connectivity index (χ3v) is 2.16. The number of rotatable bonds is 6. The summed E-state index contributed by atoms with van der Waals surface area (Å²) in [6.45, 7) is 4.02. The summed E-state index contributed by atoms with van der Waals surface area (Å²) >= 11 is 0. The highest BCUT2D eigenvalue weighted by molar-refractivity contribution is 5.73. The second-order valence-electron chi connectivity index (χ2n) is 3.34. The molecule has 3 nitrogen and oxygen atoms in total. The van der Waals surface area contributed by atoms with Gasteiger partial charge in [-0.05, 0) is 12.3 Å². The molecule has 0 bridgehead atoms. The summed E-state index contributed by atoms with van der Waals surface area (Å²) in [7, 11) is 0. The van der Waals surface area contributed by atoms with Crippen LogP contribution in [0, 0.1) is 5.92 Å². The smallest absolute Gasteiger partial charge is 0.320 e. The summed E-state index contributed by atoms with van der Waals surface area (Å²) in [5.74, 6) is -0.798. The van der Waals surface area contributed by atoms with E-state index < -0.39 is 12.0 Å². The number of nitrogens with two attached hydrogens (primary N) is 1. The molecule has 12 heavy (non-hydrogen) atoms. The number of unbranched alkanes of at least 4 members (excludes halogenated alkanes) is 2. The van der Waals surface area contributed by atoms with Crippen molar-refractivity contribution in [2.45, 2.75) is 45.6 Å². The first-order chi connectivity index (χ1) is 5.59. The van der Waals surface area contributed by atoms with E-state index in [1.54, 1.807) is 0 Å². The zero-order chi connectivity index (χ0) is 9.56. The fourth-order valence-corrected chi connectivity index (χ4v) is 1.14. The predicted octanol–water partition coefficient (Wildman–Crippen LogP) is 1.61. The summed E-state index contributed by atoms with van der Waals surface area (Å²) in [6.07, 6.45) is 4.33. The van der Waals surface area contributed by atoms with E-state index in [2.05, 4.69) is 6.92 Å². The highest BCUT2D eigenvalue weighted by Crippen LogP contribution is 2.11. The standard InChI is InChI=1S/C9H19NO2/c1-3-4-5-6-7(2)8(10)9(11)12/h7-8H,3-6,10H2,1-2H3,(H,11,12)/t7?,8-/m1/s1. The molecule has 0 aliphatic heterocycles. The van der Waals surface area contributed by atoms with Crippen molar-refractivity contribution in [2.75, 3.05) is 0 Å². The molecule has 0 saturated heterocycles. The molecule has 0 spiro atoms. The molecule has 0 fully saturated rings. The van der Waals surface area contributed by atoms with Crippen LogP contribution in [0.4, 0.5) is 0 Å².